The summed E-state index contributed by atoms with van der Waals surface area (Å²) >= 11 is 0. The summed E-state index contributed by atoms with van der Waals surface area (Å²) in [4.78, 5) is 18.1. The van der Waals surface area contributed by atoms with Gasteiger partial charge in [0.25, 0.3) is 0 Å². The van der Waals surface area contributed by atoms with Gasteiger partial charge in [0.1, 0.15) is 0 Å². The summed E-state index contributed by atoms with van der Waals surface area (Å²) < 4.78 is 2.02. The predicted molar refractivity (Wildman–Crippen MR) is 94.4 cm³/mol. The summed E-state index contributed by atoms with van der Waals surface area (Å²) in [6, 6.07) is 6.30. The first-order chi connectivity index (χ1) is 11.7. The maximum Gasteiger partial charge on any atom is 0.219 e. The number of pyridine rings is 1. The molecule has 0 aliphatic carbocycles. The van der Waals surface area contributed by atoms with Crippen LogP contribution >= 0.6 is 0 Å². The molecule has 3 rings (SSSR count). The molecule has 24 heavy (non-hydrogen) atoms. The van der Waals surface area contributed by atoms with Crippen LogP contribution in [0.1, 0.15) is 38.7 Å². The summed E-state index contributed by atoms with van der Waals surface area (Å²) in [7, 11) is 0. The summed E-state index contributed by atoms with van der Waals surface area (Å²) in [5.41, 5.74) is 3.35. The Morgan fingerprint density at radius 3 is 3.00 bits per heavy atom. The van der Waals surface area contributed by atoms with Gasteiger partial charge in [-0.25, -0.2) is 0 Å². The van der Waals surface area contributed by atoms with Crippen molar-refractivity contribution in [3.8, 4) is 11.4 Å². The van der Waals surface area contributed by atoms with E-state index in [0.717, 1.165) is 50.3 Å². The lowest BCUT2D eigenvalue weighted by atomic mass is 9.91. The minimum atomic E-state index is 0.193. The molecular formula is C19H26N4O. The van der Waals surface area contributed by atoms with Crippen molar-refractivity contribution >= 4 is 5.91 Å². The Labute approximate surface area is 143 Å². The molecule has 2 aromatic heterocycles. The number of rotatable bonds is 5. The lowest BCUT2D eigenvalue weighted by Crippen LogP contribution is -2.39. The van der Waals surface area contributed by atoms with Crippen LogP contribution in [0.25, 0.3) is 11.4 Å². The summed E-state index contributed by atoms with van der Waals surface area (Å²) in [6.45, 7) is 6.51. The molecule has 128 valence electrons. The highest BCUT2D eigenvalue weighted by molar-refractivity contribution is 5.73. The molecule has 0 saturated carbocycles. The van der Waals surface area contributed by atoms with Gasteiger partial charge in [0.2, 0.25) is 5.91 Å². The highest BCUT2D eigenvalue weighted by Crippen LogP contribution is 2.23. The van der Waals surface area contributed by atoms with Crippen LogP contribution in [-0.2, 0) is 17.8 Å². The Balaban J connectivity index is 1.73. The molecule has 3 heterocycles. The molecule has 1 atom stereocenters. The van der Waals surface area contributed by atoms with Crippen molar-refractivity contribution < 1.29 is 4.79 Å². The molecule has 0 aromatic carbocycles. The zero-order valence-electron chi connectivity index (χ0n) is 14.6. The number of hydrogen-bond donors (Lipinski definition) is 0. The molecular weight excluding hydrogens is 300 g/mol. The largest absolute Gasteiger partial charge is 0.343 e. The number of aromatic nitrogens is 3. The van der Waals surface area contributed by atoms with Crippen molar-refractivity contribution in [3.05, 3.63) is 36.2 Å². The Bertz CT molecular complexity index is 694. The number of aryl methyl sites for hydroxylation is 1. The van der Waals surface area contributed by atoms with Gasteiger partial charge in [-0.05, 0) is 55.4 Å². The topological polar surface area (TPSA) is 51.0 Å². The van der Waals surface area contributed by atoms with Crippen molar-refractivity contribution in [2.75, 3.05) is 13.1 Å². The molecule has 1 fully saturated rings. The Morgan fingerprint density at radius 2 is 2.21 bits per heavy atom. The number of carbonyl (C=O) groups is 1. The predicted octanol–water partition coefficient (Wildman–Crippen LogP) is 3.16. The summed E-state index contributed by atoms with van der Waals surface area (Å²) in [6.07, 6.45) is 8.07. The molecule has 1 amide bonds. The standard InChI is InChI=1S/C19H26N4O/c1-3-10-23-19(7-9-21-23)18-13-16(6-8-20-18)12-17-5-4-11-22(14-17)15(2)24/h6-9,13,17H,3-5,10-12,14H2,1-2H3/t17-/m1/s1. The SMILES string of the molecule is CCCn1nccc1-c1cc(C[C@H]2CCCN(C(C)=O)C2)ccn1. The van der Waals surface area contributed by atoms with Gasteiger partial charge in [-0.1, -0.05) is 6.92 Å². The van der Waals surface area contributed by atoms with E-state index in [-0.39, 0.29) is 5.91 Å². The Morgan fingerprint density at radius 1 is 1.33 bits per heavy atom. The molecule has 0 spiro atoms. The van der Waals surface area contributed by atoms with E-state index in [1.165, 1.54) is 12.0 Å². The van der Waals surface area contributed by atoms with E-state index in [1.54, 1.807) is 6.92 Å². The molecule has 0 bridgehead atoms. The lowest BCUT2D eigenvalue weighted by molar-refractivity contribution is -0.130. The molecule has 0 radical (unpaired) electrons. The quantitative estimate of drug-likeness (QED) is 0.848. The van der Waals surface area contributed by atoms with Crippen LogP contribution in [0.15, 0.2) is 30.6 Å². The number of hydrogen-bond acceptors (Lipinski definition) is 3. The summed E-state index contributed by atoms with van der Waals surface area (Å²) in [5.74, 6) is 0.733. The summed E-state index contributed by atoms with van der Waals surface area (Å²) in [5, 5.41) is 4.39. The van der Waals surface area contributed by atoms with Gasteiger partial charge in [-0.15, -0.1) is 0 Å². The van der Waals surface area contributed by atoms with E-state index in [2.05, 4.69) is 29.1 Å². The third-order valence-corrected chi connectivity index (χ3v) is 4.73. The number of carbonyl (C=O) groups excluding carboxylic acids is 1. The van der Waals surface area contributed by atoms with Gasteiger partial charge in [-0.2, -0.15) is 5.10 Å². The minimum absolute atomic E-state index is 0.193. The molecule has 2 aromatic rings. The van der Waals surface area contributed by atoms with Gasteiger partial charge < -0.3 is 4.90 Å². The van der Waals surface area contributed by atoms with Gasteiger partial charge in [0.15, 0.2) is 0 Å². The van der Waals surface area contributed by atoms with E-state index in [0.29, 0.717) is 5.92 Å². The third kappa shape index (κ3) is 3.83. The van der Waals surface area contributed by atoms with E-state index in [9.17, 15) is 4.79 Å². The fourth-order valence-corrected chi connectivity index (χ4v) is 3.53. The van der Waals surface area contributed by atoms with Crippen molar-refractivity contribution in [2.45, 2.75) is 46.1 Å². The van der Waals surface area contributed by atoms with E-state index < -0.39 is 0 Å². The number of nitrogens with zero attached hydrogens (tertiary/aromatic N) is 4. The van der Waals surface area contributed by atoms with Gasteiger partial charge in [0, 0.05) is 39.0 Å². The van der Waals surface area contributed by atoms with Crippen molar-refractivity contribution in [3.63, 3.8) is 0 Å². The van der Waals surface area contributed by atoms with Crippen LogP contribution in [0, 0.1) is 5.92 Å². The molecule has 1 aliphatic heterocycles. The fourth-order valence-electron chi connectivity index (χ4n) is 3.53. The Kier molecular flexibility index (Phi) is 5.28. The smallest absolute Gasteiger partial charge is 0.219 e. The average molecular weight is 326 g/mol. The van der Waals surface area contributed by atoms with Crippen LogP contribution in [0.2, 0.25) is 0 Å². The highest BCUT2D eigenvalue weighted by atomic mass is 16.2. The van der Waals surface area contributed by atoms with E-state index >= 15 is 0 Å². The van der Waals surface area contributed by atoms with Crippen molar-refractivity contribution in [1.29, 1.82) is 0 Å². The molecule has 5 nitrogen and oxygen atoms in total. The second-order valence-electron chi connectivity index (χ2n) is 6.67. The molecule has 0 unspecified atom stereocenters. The first-order valence-corrected chi connectivity index (χ1v) is 8.90. The van der Waals surface area contributed by atoms with E-state index in [4.69, 9.17) is 0 Å². The highest BCUT2D eigenvalue weighted by Gasteiger charge is 2.22. The zero-order chi connectivity index (χ0) is 16.9. The van der Waals surface area contributed by atoms with Gasteiger partial charge in [0.05, 0.1) is 11.4 Å². The number of amides is 1. The molecule has 5 heteroatoms. The molecule has 1 saturated heterocycles. The zero-order valence-corrected chi connectivity index (χ0v) is 14.6. The van der Waals surface area contributed by atoms with Crippen LogP contribution in [-0.4, -0.2) is 38.7 Å². The maximum absolute atomic E-state index is 11.6. The van der Waals surface area contributed by atoms with Crippen LogP contribution in [0.5, 0.6) is 0 Å². The van der Waals surface area contributed by atoms with Crippen molar-refractivity contribution in [1.82, 2.24) is 19.7 Å². The number of piperidine rings is 1. The Hall–Kier alpha value is -2.17. The van der Waals surface area contributed by atoms with E-state index in [1.807, 2.05) is 28.0 Å². The first-order valence-electron chi connectivity index (χ1n) is 8.90. The van der Waals surface area contributed by atoms with Crippen LogP contribution in [0.4, 0.5) is 0 Å². The van der Waals surface area contributed by atoms with Gasteiger partial charge in [-0.3, -0.25) is 14.5 Å². The monoisotopic (exact) mass is 326 g/mol. The van der Waals surface area contributed by atoms with Gasteiger partial charge >= 0.3 is 0 Å². The second kappa shape index (κ2) is 7.60. The normalized spacial score (nSPS) is 17.9. The minimum Gasteiger partial charge on any atom is -0.343 e. The molecule has 0 N–H and O–H groups in total. The second-order valence-corrected chi connectivity index (χ2v) is 6.67. The average Bonchev–Trinajstić information content (AvgIpc) is 3.04. The number of likely N-dealkylation sites (tertiary alicyclic amines) is 1. The van der Waals surface area contributed by atoms with Crippen LogP contribution in [0.3, 0.4) is 0 Å². The first kappa shape index (κ1) is 16.7. The van der Waals surface area contributed by atoms with Crippen LogP contribution < -0.4 is 0 Å². The fraction of sp³-hybridized carbons (Fsp3) is 0.526. The molecule has 1 aliphatic rings. The third-order valence-electron chi connectivity index (χ3n) is 4.73. The van der Waals surface area contributed by atoms with Crippen molar-refractivity contribution in [2.24, 2.45) is 5.92 Å². The maximum atomic E-state index is 11.6. The lowest BCUT2D eigenvalue weighted by Gasteiger charge is -2.32.